The van der Waals surface area contributed by atoms with Crippen LogP contribution in [-0.4, -0.2) is 10.9 Å². The summed E-state index contributed by atoms with van der Waals surface area (Å²) in [5, 5.41) is 3.50. The Morgan fingerprint density at radius 1 is 1.04 bits per heavy atom. The molecule has 1 heterocycles. The van der Waals surface area contributed by atoms with Gasteiger partial charge in [-0.05, 0) is 41.5 Å². The molecule has 27 heavy (non-hydrogen) atoms. The Morgan fingerprint density at radius 3 is 2.48 bits per heavy atom. The standard InChI is InChI=1S/C21H16ClF3N2/c22-18-8-16-10-21(24,25)9-15(16)7-17(18)13-5-6-20(26-11-13)27-12-14-3-1-2-4-19(14)23/h1-8,11H,9-10,12H2,(H,26,27). The Hall–Kier alpha value is -2.53. The summed E-state index contributed by atoms with van der Waals surface area (Å²) >= 11 is 6.30. The van der Waals surface area contributed by atoms with E-state index in [0.717, 1.165) is 5.56 Å². The Bertz CT molecular complexity index is 987. The molecule has 1 aliphatic carbocycles. The quantitative estimate of drug-likeness (QED) is 0.603. The molecule has 0 saturated heterocycles. The van der Waals surface area contributed by atoms with Crippen molar-refractivity contribution < 1.29 is 13.2 Å². The van der Waals surface area contributed by atoms with Gasteiger partial charge >= 0.3 is 0 Å². The molecule has 1 aliphatic rings. The number of nitrogens with one attached hydrogen (secondary N) is 1. The molecule has 3 aromatic rings. The van der Waals surface area contributed by atoms with Crippen molar-refractivity contribution in [2.24, 2.45) is 0 Å². The fourth-order valence-corrected chi connectivity index (χ4v) is 3.61. The van der Waals surface area contributed by atoms with Crippen LogP contribution in [0.5, 0.6) is 0 Å². The van der Waals surface area contributed by atoms with E-state index in [2.05, 4.69) is 10.3 Å². The Morgan fingerprint density at radius 2 is 1.78 bits per heavy atom. The third-order valence-electron chi connectivity index (χ3n) is 4.68. The molecule has 0 radical (unpaired) electrons. The number of fused-ring (bicyclic) bond motifs is 1. The van der Waals surface area contributed by atoms with E-state index in [9.17, 15) is 13.2 Å². The summed E-state index contributed by atoms with van der Waals surface area (Å²) in [7, 11) is 0. The molecule has 6 heteroatoms. The first-order valence-electron chi connectivity index (χ1n) is 8.54. The van der Waals surface area contributed by atoms with Gasteiger partial charge < -0.3 is 5.32 Å². The number of benzene rings is 2. The van der Waals surface area contributed by atoms with Crippen LogP contribution in [0.4, 0.5) is 19.0 Å². The highest BCUT2D eigenvalue weighted by atomic mass is 35.5. The lowest BCUT2D eigenvalue weighted by molar-refractivity contribution is 0.0130. The van der Waals surface area contributed by atoms with Crippen molar-refractivity contribution in [2.45, 2.75) is 25.3 Å². The van der Waals surface area contributed by atoms with Gasteiger partial charge in [0.25, 0.3) is 5.92 Å². The summed E-state index contributed by atoms with van der Waals surface area (Å²) < 4.78 is 40.9. The van der Waals surface area contributed by atoms with Crippen LogP contribution in [0.15, 0.2) is 54.7 Å². The van der Waals surface area contributed by atoms with Crippen LogP contribution in [-0.2, 0) is 19.4 Å². The maximum Gasteiger partial charge on any atom is 0.256 e. The van der Waals surface area contributed by atoms with Crippen LogP contribution in [0.3, 0.4) is 0 Å². The van der Waals surface area contributed by atoms with Gasteiger partial charge in [-0.25, -0.2) is 18.2 Å². The van der Waals surface area contributed by atoms with Crippen LogP contribution in [0, 0.1) is 5.82 Å². The third-order valence-corrected chi connectivity index (χ3v) is 4.99. The van der Waals surface area contributed by atoms with Crippen LogP contribution in [0.1, 0.15) is 16.7 Å². The first-order chi connectivity index (χ1) is 12.9. The van der Waals surface area contributed by atoms with Gasteiger partial charge in [0.1, 0.15) is 11.6 Å². The Balaban J connectivity index is 1.52. The Kier molecular flexibility index (Phi) is 4.56. The molecule has 4 rings (SSSR count). The van der Waals surface area contributed by atoms with Crippen molar-refractivity contribution in [2.75, 3.05) is 5.32 Å². The van der Waals surface area contributed by atoms with E-state index in [1.54, 1.807) is 42.6 Å². The van der Waals surface area contributed by atoms with Crippen LogP contribution in [0.2, 0.25) is 5.02 Å². The minimum Gasteiger partial charge on any atom is -0.366 e. The highest BCUT2D eigenvalue weighted by Gasteiger charge is 2.37. The van der Waals surface area contributed by atoms with Crippen molar-refractivity contribution >= 4 is 17.4 Å². The Labute approximate surface area is 160 Å². The van der Waals surface area contributed by atoms with Gasteiger partial charge in [0.05, 0.1) is 0 Å². The molecule has 0 aliphatic heterocycles. The number of anilines is 1. The molecule has 1 N–H and O–H groups in total. The topological polar surface area (TPSA) is 24.9 Å². The average Bonchev–Trinajstić information content (AvgIpc) is 2.93. The van der Waals surface area contributed by atoms with Gasteiger partial charge in [0, 0.05) is 47.3 Å². The van der Waals surface area contributed by atoms with E-state index in [0.29, 0.717) is 39.6 Å². The minimum absolute atomic E-state index is 0.262. The number of hydrogen-bond donors (Lipinski definition) is 1. The second-order valence-electron chi connectivity index (χ2n) is 6.69. The van der Waals surface area contributed by atoms with Crippen molar-refractivity contribution in [1.29, 1.82) is 0 Å². The van der Waals surface area contributed by atoms with Gasteiger partial charge in [-0.2, -0.15) is 0 Å². The predicted molar refractivity (Wildman–Crippen MR) is 101 cm³/mol. The summed E-state index contributed by atoms with van der Waals surface area (Å²) in [6.07, 6.45) is 1.10. The molecule has 0 amide bonds. The fourth-order valence-electron chi connectivity index (χ4n) is 3.31. The fraction of sp³-hybridized carbons (Fsp3) is 0.190. The highest BCUT2D eigenvalue weighted by Crippen LogP contribution is 2.39. The molecule has 0 unspecified atom stereocenters. The summed E-state index contributed by atoms with van der Waals surface area (Å²) in [5.74, 6) is -2.39. The molecular weight excluding hydrogens is 373 g/mol. The number of nitrogens with zero attached hydrogens (tertiary/aromatic N) is 1. The summed E-state index contributed by atoms with van der Waals surface area (Å²) in [5.41, 5.74) is 3.20. The SMILES string of the molecule is Fc1ccccc1CNc1ccc(-c2cc3c(cc2Cl)CC(F)(F)C3)cn1. The van der Waals surface area contributed by atoms with E-state index in [1.165, 1.54) is 6.07 Å². The monoisotopic (exact) mass is 388 g/mol. The van der Waals surface area contributed by atoms with Crippen molar-refractivity contribution in [3.8, 4) is 11.1 Å². The molecule has 138 valence electrons. The zero-order valence-electron chi connectivity index (χ0n) is 14.3. The van der Waals surface area contributed by atoms with Gasteiger partial charge in [0.2, 0.25) is 0 Å². The van der Waals surface area contributed by atoms with E-state index in [1.807, 2.05) is 6.07 Å². The number of aromatic nitrogens is 1. The minimum atomic E-state index is -2.71. The molecule has 0 fully saturated rings. The number of alkyl halides is 2. The molecule has 0 spiro atoms. The average molecular weight is 389 g/mol. The third kappa shape index (κ3) is 3.78. The summed E-state index contributed by atoms with van der Waals surface area (Å²) in [4.78, 5) is 4.32. The van der Waals surface area contributed by atoms with Crippen LogP contribution < -0.4 is 5.32 Å². The maximum absolute atomic E-state index is 13.7. The number of rotatable bonds is 4. The van der Waals surface area contributed by atoms with Crippen molar-refractivity contribution in [3.63, 3.8) is 0 Å². The summed E-state index contributed by atoms with van der Waals surface area (Å²) in [6.45, 7) is 0.313. The van der Waals surface area contributed by atoms with E-state index >= 15 is 0 Å². The van der Waals surface area contributed by atoms with E-state index in [4.69, 9.17) is 11.6 Å². The molecule has 0 bridgehead atoms. The van der Waals surface area contributed by atoms with E-state index < -0.39 is 5.92 Å². The van der Waals surface area contributed by atoms with Gasteiger partial charge in [0.15, 0.2) is 0 Å². The zero-order chi connectivity index (χ0) is 19.0. The lowest BCUT2D eigenvalue weighted by Crippen LogP contribution is -2.14. The second kappa shape index (κ2) is 6.89. The number of pyridine rings is 1. The maximum atomic E-state index is 13.7. The predicted octanol–water partition coefficient (Wildman–Crippen LogP) is 5.89. The zero-order valence-corrected chi connectivity index (χ0v) is 15.0. The van der Waals surface area contributed by atoms with Gasteiger partial charge in [-0.3, -0.25) is 0 Å². The normalized spacial score (nSPS) is 14.8. The van der Waals surface area contributed by atoms with Crippen molar-refractivity contribution in [3.05, 3.63) is 82.3 Å². The second-order valence-corrected chi connectivity index (χ2v) is 7.09. The van der Waals surface area contributed by atoms with Gasteiger partial charge in [-0.1, -0.05) is 29.8 Å². The lowest BCUT2D eigenvalue weighted by atomic mass is 10.0. The first kappa shape index (κ1) is 17.9. The molecule has 2 aromatic carbocycles. The molecule has 0 saturated carbocycles. The van der Waals surface area contributed by atoms with Crippen molar-refractivity contribution in [1.82, 2.24) is 4.98 Å². The summed E-state index contributed by atoms with van der Waals surface area (Å²) in [6, 6.07) is 13.5. The van der Waals surface area contributed by atoms with Crippen LogP contribution in [0.25, 0.3) is 11.1 Å². The number of halogens is 4. The van der Waals surface area contributed by atoms with Gasteiger partial charge in [-0.15, -0.1) is 0 Å². The highest BCUT2D eigenvalue weighted by molar-refractivity contribution is 6.33. The molecular formula is C21H16ClF3N2. The first-order valence-corrected chi connectivity index (χ1v) is 8.92. The largest absolute Gasteiger partial charge is 0.366 e. The van der Waals surface area contributed by atoms with E-state index in [-0.39, 0.29) is 18.7 Å². The van der Waals surface area contributed by atoms with Crippen LogP contribution >= 0.6 is 11.6 Å². The number of hydrogen-bond acceptors (Lipinski definition) is 2. The smallest absolute Gasteiger partial charge is 0.256 e. The lowest BCUT2D eigenvalue weighted by Gasteiger charge is -2.10. The molecule has 1 aromatic heterocycles. The molecule has 2 nitrogen and oxygen atoms in total. The molecule has 0 atom stereocenters.